The molecule has 32 heavy (non-hydrogen) atoms. The number of ether oxygens (including phenoxy) is 1. The van der Waals surface area contributed by atoms with Gasteiger partial charge in [-0.2, -0.15) is 0 Å². The van der Waals surface area contributed by atoms with Crippen LogP contribution in [0.25, 0.3) is 0 Å². The molecule has 168 valence electrons. The fourth-order valence-electron chi connectivity index (χ4n) is 3.34. The molecule has 0 radical (unpaired) electrons. The molecule has 1 amide bonds. The highest BCUT2D eigenvalue weighted by atomic mass is 32.2. The zero-order valence-electron chi connectivity index (χ0n) is 18.7. The van der Waals surface area contributed by atoms with Crippen LogP contribution in [-0.4, -0.2) is 27.5 Å². The summed E-state index contributed by atoms with van der Waals surface area (Å²) in [4.78, 5) is 12.8. The van der Waals surface area contributed by atoms with Gasteiger partial charge in [0.05, 0.1) is 28.6 Å². The van der Waals surface area contributed by atoms with Gasteiger partial charge in [-0.1, -0.05) is 35.9 Å². The Balaban J connectivity index is 1.88. The second-order valence-corrected chi connectivity index (χ2v) is 9.49. The number of carbonyl (C=O) groups excluding carboxylic acids is 1. The van der Waals surface area contributed by atoms with Crippen molar-refractivity contribution in [1.29, 1.82) is 0 Å². The Kier molecular flexibility index (Phi) is 7.20. The van der Waals surface area contributed by atoms with Crippen molar-refractivity contribution in [2.45, 2.75) is 37.5 Å². The molecule has 0 saturated heterocycles. The predicted octanol–water partition coefficient (Wildman–Crippen LogP) is 4.89. The topological polar surface area (TPSA) is 84.5 Å². The molecule has 0 atom stereocenters. The lowest BCUT2D eigenvalue weighted by Crippen LogP contribution is -2.23. The molecule has 0 fully saturated rings. The second-order valence-electron chi connectivity index (χ2n) is 7.58. The van der Waals surface area contributed by atoms with E-state index in [1.54, 1.807) is 36.4 Å². The number of anilines is 2. The molecule has 6 nitrogen and oxygen atoms in total. The van der Waals surface area contributed by atoms with Crippen LogP contribution in [0.2, 0.25) is 0 Å². The number of hydrogen-bond donors (Lipinski definition) is 2. The Labute approximate surface area is 189 Å². The van der Waals surface area contributed by atoms with Crippen molar-refractivity contribution in [1.82, 2.24) is 0 Å². The average Bonchev–Trinajstić information content (AvgIpc) is 2.76. The van der Waals surface area contributed by atoms with Gasteiger partial charge < -0.3 is 15.4 Å². The van der Waals surface area contributed by atoms with Crippen LogP contribution in [0.5, 0.6) is 5.75 Å². The maximum atomic E-state index is 13.4. The third-order valence-electron chi connectivity index (χ3n) is 5.07. The molecule has 0 heterocycles. The van der Waals surface area contributed by atoms with Gasteiger partial charge in [-0.15, -0.1) is 0 Å². The zero-order valence-corrected chi connectivity index (χ0v) is 19.5. The lowest BCUT2D eigenvalue weighted by atomic mass is 10.1. The SMILES string of the molecule is CCOc1ccc(NCC(=O)Nc2c(C)cccc2C)c(S(=O)(=O)c2ccc(C)cc2)c1. The van der Waals surface area contributed by atoms with Crippen LogP contribution in [0.1, 0.15) is 23.6 Å². The minimum Gasteiger partial charge on any atom is -0.494 e. The maximum Gasteiger partial charge on any atom is 0.243 e. The number of rotatable bonds is 8. The minimum atomic E-state index is -3.82. The highest BCUT2D eigenvalue weighted by Gasteiger charge is 2.23. The third-order valence-corrected chi connectivity index (χ3v) is 6.88. The van der Waals surface area contributed by atoms with E-state index in [9.17, 15) is 13.2 Å². The van der Waals surface area contributed by atoms with Gasteiger partial charge in [0.15, 0.2) is 0 Å². The van der Waals surface area contributed by atoms with Crippen LogP contribution in [0, 0.1) is 20.8 Å². The molecule has 3 aromatic carbocycles. The first-order valence-electron chi connectivity index (χ1n) is 10.4. The number of amides is 1. The highest BCUT2D eigenvalue weighted by molar-refractivity contribution is 7.91. The molecule has 0 aliphatic carbocycles. The van der Waals surface area contributed by atoms with Crippen molar-refractivity contribution in [2.24, 2.45) is 0 Å². The molecule has 7 heteroatoms. The van der Waals surface area contributed by atoms with Crippen LogP contribution < -0.4 is 15.4 Å². The predicted molar refractivity (Wildman–Crippen MR) is 127 cm³/mol. The van der Waals surface area contributed by atoms with Crippen molar-refractivity contribution in [3.63, 3.8) is 0 Å². The van der Waals surface area contributed by atoms with E-state index < -0.39 is 9.84 Å². The number of sulfone groups is 1. The Bertz CT molecular complexity index is 1200. The number of nitrogens with one attached hydrogen (secondary N) is 2. The summed E-state index contributed by atoms with van der Waals surface area (Å²) in [6, 6.07) is 17.2. The number of para-hydroxylation sites is 1. The summed E-state index contributed by atoms with van der Waals surface area (Å²) in [6.07, 6.45) is 0. The molecule has 0 bridgehead atoms. The molecule has 3 rings (SSSR count). The Morgan fingerprint density at radius 3 is 2.22 bits per heavy atom. The lowest BCUT2D eigenvalue weighted by molar-refractivity contribution is -0.114. The fourth-order valence-corrected chi connectivity index (χ4v) is 4.79. The molecule has 0 aliphatic heterocycles. The summed E-state index contributed by atoms with van der Waals surface area (Å²) in [5.74, 6) is 0.179. The van der Waals surface area contributed by atoms with E-state index in [-0.39, 0.29) is 22.2 Å². The first kappa shape index (κ1) is 23.3. The number of carbonyl (C=O) groups is 1. The fraction of sp³-hybridized carbons (Fsp3) is 0.240. The average molecular weight is 453 g/mol. The van der Waals surface area contributed by atoms with Gasteiger partial charge in [0.1, 0.15) is 5.75 Å². The van der Waals surface area contributed by atoms with E-state index in [2.05, 4.69) is 10.6 Å². The van der Waals surface area contributed by atoms with Gasteiger partial charge in [0.2, 0.25) is 15.7 Å². The summed E-state index contributed by atoms with van der Waals surface area (Å²) in [5, 5.41) is 5.88. The first-order chi connectivity index (χ1) is 15.2. The molecule has 0 aromatic heterocycles. The molecule has 2 N–H and O–H groups in total. The second kappa shape index (κ2) is 9.87. The van der Waals surface area contributed by atoms with E-state index in [1.807, 2.05) is 45.9 Å². The monoisotopic (exact) mass is 452 g/mol. The number of benzene rings is 3. The summed E-state index contributed by atoms with van der Waals surface area (Å²) in [6.45, 7) is 7.91. The Morgan fingerprint density at radius 1 is 0.938 bits per heavy atom. The maximum absolute atomic E-state index is 13.4. The van der Waals surface area contributed by atoms with Crippen LogP contribution in [-0.2, 0) is 14.6 Å². The summed E-state index contributed by atoms with van der Waals surface area (Å²) in [5.41, 5.74) is 3.99. The van der Waals surface area contributed by atoms with E-state index in [4.69, 9.17) is 4.74 Å². The summed E-state index contributed by atoms with van der Waals surface area (Å²) >= 11 is 0. The summed E-state index contributed by atoms with van der Waals surface area (Å²) in [7, 11) is -3.82. The molecule has 3 aromatic rings. The van der Waals surface area contributed by atoms with Gasteiger partial charge >= 0.3 is 0 Å². The van der Waals surface area contributed by atoms with Crippen molar-refractivity contribution in [3.8, 4) is 5.75 Å². The highest BCUT2D eigenvalue weighted by Crippen LogP contribution is 2.31. The Hall–Kier alpha value is -3.32. The van der Waals surface area contributed by atoms with Gasteiger partial charge in [-0.25, -0.2) is 8.42 Å². The van der Waals surface area contributed by atoms with Crippen LogP contribution >= 0.6 is 0 Å². The van der Waals surface area contributed by atoms with Gasteiger partial charge in [0.25, 0.3) is 0 Å². The lowest BCUT2D eigenvalue weighted by Gasteiger charge is -2.16. The molecule has 0 aliphatic rings. The Morgan fingerprint density at radius 2 is 1.59 bits per heavy atom. The van der Waals surface area contributed by atoms with Gasteiger partial charge in [0, 0.05) is 11.8 Å². The molecular formula is C25H28N2O4S. The number of aryl methyl sites for hydroxylation is 3. The van der Waals surface area contributed by atoms with Crippen LogP contribution in [0.4, 0.5) is 11.4 Å². The largest absolute Gasteiger partial charge is 0.494 e. The third kappa shape index (κ3) is 5.29. The van der Waals surface area contributed by atoms with E-state index >= 15 is 0 Å². The minimum absolute atomic E-state index is 0.0622. The molecule has 0 saturated carbocycles. The normalized spacial score (nSPS) is 11.1. The van der Waals surface area contributed by atoms with Gasteiger partial charge in [-0.05, 0) is 63.1 Å². The van der Waals surface area contributed by atoms with Crippen LogP contribution in [0.3, 0.4) is 0 Å². The van der Waals surface area contributed by atoms with Crippen LogP contribution in [0.15, 0.2) is 70.5 Å². The van der Waals surface area contributed by atoms with E-state index in [1.165, 1.54) is 6.07 Å². The van der Waals surface area contributed by atoms with E-state index in [0.29, 0.717) is 18.0 Å². The first-order valence-corrected chi connectivity index (χ1v) is 11.9. The zero-order chi connectivity index (χ0) is 23.3. The molecule has 0 spiro atoms. The van der Waals surface area contributed by atoms with Crippen molar-refractivity contribution < 1.29 is 17.9 Å². The van der Waals surface area contributed by atoms with Gasteiger partial charge in [-0.3, -0.25) is 4.79 Å². The quantitative estimate of drug-likeness (QED) is 0.508. The standard InChI is InChI=1S/C25H28N2O4S/c1-5-31-20-11-14-22(23(15-20)32(29,30)21-12-9-17(2)10-13-21)26-16-24(28)27-25-18(3)7-6-8-19(25)4/h6-15,26H,5,16H2,1-4H3,(H,27,28). The van der Waals surface area contributed by atoms with Crippen molar-refractivity contribution >= 4 is 27.1 Å². The van der Waals surface area contributed by atoms with E-state index in [0.717, 1.165) is 22.4 Å². The van der Waals surface area contributed by atoms with Crippen molar-refractivity contribution in [3.05, 3.63) is 77.4 Å². The summed E-state index contributed by atoms with van der Waals surface area (Å²) < 4.78 is 32.2. The molecule has 0 unspecified atom stereocenters. The smallest absolute Gasteiger partial charge is 0.243 e. The number of hydrogen-bond acceptors (Lipinski definition) is 5. The molecular weight excluding hydrogens is 424 g/mol. The van der Waals surface area contributed by atoms with Crippen molar-refractivity contribution in [2.75, 3.05) is 23.8 Å².